The number of rotatable bonds is 4. The van der Waals surface area contributed by atoms with Gasteiger partial charge in [-0.15, -0.1) is 0 Å². The Bertz CT molecular complexity index is 1450. The second-order valence-corrected chi connectivity index (χ2v) is 6.96. The molecule has 0 saturated heterocycles. The van der Waals surface area contributed by atoms with Crippen molar-refractivity contribution >= 4 is 23.3 Å². The summed E-state index contributed by atoms with van der Waals surface area (Å²) in [4.78, 5) is 46.7. The smallest absolute Gasteiger partial charge is 0.431 e. The molecule has 1 heterocycles. The molecule has 0 amide bonds. The van der Waals surface area contributed by atoms with E-state index in [2.05, 4.69) is 0 Å². The highest BCUT2D eigenvalue weighted by molar-refractivity contribution is 6.36. The van der Waals surface area contributed by atoms with Gasteiger partial charge >= 0.3 is 11.9 Å². The van der Waals surface area contributed by atoms with Crippen LogP contribution in [0.15, 0.2) is 46.0 Å². The van der Waals surface area contributed by atoms with Crippen LogP contribution in [0.2, 0.25) is 5.02 Å². The number of non-ortho nitro benzene ring substituents is 1. The molecular formula is C19H9ClF4N3O6-. The molecule has 14 heteroatoms. The molecule has 3 rings (SSSR count). The number of alkyl halides is 3. The average molecular weight is 487 g/mol. The number of benzene rings is 2. The van der Waals surface area contributed by atoms with Crippen LogP contribution in [-0.2, 0) is 13.2 Å². The molecule has 0 fully saturated rings. The van der Waals surface area contributed by atoms with Crippen molar-refractivity contribution < 1.29 is 32.4 Å². The highest BCUT2D eigenvalue weighted by Gasteiger charge is 2.35. The fourth-order valence-electron chi connectivity index (χ4n) is 3.08. The third-order valence-corrected chi connectivity index (χ3v) is 4.99. The molecule has 0 N–H and O–H groups in total. The first-order valence-corrected chi connectivity index (χ1v) is 9.02. The number of aromatic nitrogens is 2. The molecule has 9 nitrogen and oxygen atoms in total. The molecule has 0 saturated carbocycles. The van der Waals surface area contributed by atoms with Crippen LogP contribution >= 0.6 is 11.6 Å². The number of aromatic carboxylic acids is 1. The van der Waals surface area contributed by atoms with E-state index in [9.17, 15) is 42.8 Å². The first-order valence-electron chi connectivity index (χ1n) is 8.64. The summed E-state index contributed by atoms with van der Waals surface area (Å²) >= 11 is 5.98. The Morgan fingerprint density at radius 3 is 2.33 bits per heavy atom. The van der Waals surface area contributed by atoms with E-state index in [-0.39, 0.29) is 20.8 Å². The van der Waals surface area contributed by atoms with E-state index < -0.39 is 67.4 Å². The van der Waals surface area contributed by atoms with Crippen molar-refractivity contribution in [3.8, 4) is 16.8 Å². The summed E-state index contributed by atoms with van der Waals surface area (Å²) in [6.07, 6.45) is -5.09. The van der Waals surface area contributed by atoms with Crippen LogP contribution in [-0.4, -0.2) is 20.0 Å². The van der Waals surface area contributed by atoms with Crippen LogP contribution in [0.5, 0.6) is 0 Å². The van der Waals surface area contributed by atoms with Crippen molar-refractivity contribution in [1.82, 2.24) is 9.13 Å². The number of carbonyl (C=O) groups excluding carboxylic acids is 1. The van der Waals surface area contributed by atoms with E-state index in [0.29, 0.717) is 13.1 Å². The van der Waals surface area contributed by atoms with Gasteiger partial charge in [-0.05, 0) is 11.6 Å². The third kappa shape index (κ3) is 4.09. The molecule has 2 aromatic carbocycles. The second-order valence-electron chi connectivity index (χ2n) is 6.58. The van der Waals surface area contributed by atoms with Crippen LogP contribution in [0.25, 0.3) is 16.8 Å². The predicted octanol–water partition coefficient (Wildman–Crippen LogP) is 2.29. The summed E-state index contributed by atoms with van der Waals surface area (Å²) in [6.45, 7) is 0. The highest BCUT2D eigenvalue weighted by atomic mass is 35.5. The Labute approximate surface area is 184 Å². The number of nitro groups is 1. The van der Waals surface area contributed by atoms with Gasteiger partial charge in [0.05, 0.1) is 21.6 Å². The lowest BCUT2D eigenvalue weighted by Crippen LogP contribution is -2.41. The molecule has 1 aromatic heterocycles. The molecule has 0 aliphatic carbocycles. The maximum atomic E-state index is 15.5. The number of hydrogen-bond donors (Lipinski definition) is 0. The Balaban J connectivity index is 2.46. The van der Waals surface area contributed by atoms with Crippen molar-refractivity contribution in [3.63, 3.8) is 0 Å². The van der Waals surface area contributed by atoms with Gasteiger partial charge in [0.15, 0.2) is 5.82 Å². The standard InChI is InChI=1S/C19H10ClF4N3O6/c1-25-12(19(22,23)24)7-13(28)26(18(25)31)11-6-10(17(29)30)15(20)14(16(11)21)8-3-2-4-9(5-8)27(32)33/h2-7H,1H3,(H,29,30)/p-1. The van der Waals surface area contributed by atoms with Gasteiger partial charge in [0.2, 0.25) is 0 Å². The highest BCUT2D eigenvalue weighted by Crippen LogP contribution is 2.37. The Morgan fingerprint density at radius 2 is 1.79 bits per heavy atom. The zero-order valence-electron chi connectivity index (χ0n) is 16.1. The summed E-state index contributed by atoms with van der Waals surface area (Å²) in [5.41, 5.74) is -8.39. The van der Waals surface area contributed by atoms with Gasteiger partial charge in [-0.25, -0.2) is 13.8 Å². The molecule has 3 aromatic rings. The van der Waals surface area contributed by atoms with E-state index in [1.54, 1.807) is 0 Å². The molecule has 0 spiro atoms. The number of carboxylic acids is 1. The van der Waals surface area contributed by atoms with E-state index in [1.807, 2.05) is 0 Å². The molecule has 0 bridgehead atoms. The van der Waals surface area contributed by atoms with E-state index in [0.717, 1.165) is 24.3 Å². The summed E-state index contributed by atoms with van der Waals surface area (Å²) in [7, 11) is 0.677. The fraction of sp³-hybridized carbons (Fsp3) is 0.105. The topological polar surface area (TPSA) is 127 Å². The number of nitrogens with zero attached hydrogens (tertiary/aromatic N) is 3. The lowest BCUT2D eigenvalue weighted by atomic mass is 10.00. The monoisotopic (exact) mass is 486 g/mol. The van der Waals surface area contributed by atoms with Gasteiger partial charge < -0.3 is 9.90 Å². The fourth-order valence-corrected chi connectivity index (χ4v) is 3.41. The van der Waals surface area contributed by atoms with Gasteiger partial charge in [0.25, 0.3) is 11.2 Å². The van der Waals surface area contributed by atoms with Crippen LogP contribution in [0, 0.1) is 15.9 Å². The normalized spacial score (nSPS) is 11.5. The molecule has 0 aliphatic rings. The number of carboxylic acid groups (broad SMARTS) is 1. The van der Waals surface area contributed by atoms with Gasteiger partial charge in [-0.1, -0.05) is 23.7 Å². The minimum absolute atomic E-state index is 0.0196. The number of nitro benzene ring substituents is 1. The van der Waals surface area contributed by atoms with E-state index in [1.165, 1.54) is 0 Å². The second kappa shape index (κ2) is 8.16. The summed E-state index contributed by atoms with van der Waals surface area (Å²) in [5, 5.41) is 21.8. The molecule has 0 radical (unpaired) electrons. The van der Waals surface area contributed by atoms with Crippen LogP contribution in [0.3, 0.4) is 0 Å². The molecule has 0 unspecified atom stereocenters. The first kappa shape index (κ1) is 23.7. The van der Waals surface area contributed by atoms with Gasteiger partial charge in [0, 0.05) is 36.4 Å². The van der Waals surface area contributed by atoms with Crippen molar-refractivity contribution in [2.45, 2.75) is 6.18 Å². The summed E-state index contributed by atoms with van der Waals surface area (Å²) < 4.78 is 54.8. The lowest BCUT2D eigenvalue weighted by molar-refractivity contribution is -0.384. The SMILES string of the molecule is Cn1c(C(F)(F)F)cc(=O)n(-c2cc(C(=O)[O-])c(Cl)c(-c3cccc([N+](=O)[O-])c3)c2F)c1=O. The van der Waals surface area contributed by atoms with Crippen molar-refractivity contribution in [2.75, 3.05) is 0 Å². The Hall–Kier alpha value is -4.00. The zero-order valence-corrected chi connectivity index (χ0v) is 16.9. The van der Waals surface area contributed by atoms with Gasteiger partial charge in [-0.2, -0.15) is 13.2 Å². The first-order chi connectivity index (χ1) is 15.3. The van der Waals surface area contributed by atoms with Crippen LogP contribution in [0.4, 0.5) is 23.2 Å². The van der Waals surface area contributed by atoms with E-state index in [4.69, 9.17) is 11.6 Å². The minimum atomic E-state index is -5.09. The summed E-state index contributed by atoms with van der Waals surface area (Å²) in [6, 6.07) is 4.65. The van der Waals surface area contributed by atoms with Crippen molar-refractivity contribution in [2.24, 2.45) is 7.05 Å². The largest absolute Gasteiger partial charge is 0.545 e. The third-order valence-electron chi connectivity index (χ3n) is 4.60. The molecule has 33 heavy (non-hydrogen) atoms. The van der Waals surface area contributed by atoms with Crippen LogP contribution < -0.4 is 16.4 Å². The van der Waals surface area contributed by atoms with Crippen molar-refractivity contribution in [3.05, 3.63) is 89.4 Å². The minimum Gasteiger partial charge on any atom is -0.545 e. The molecule has 0 atom stereocenters. The molecule has 0 aliphatic heterocycles. The van der Waals surface area contributed by atoms with Crippen LogP contribution in [0.1, 0.15) is 16.1 Å². The quantitative estimate of drug-likeness (QED) is 0.316. The van der Waals surface area contributed by atoms with E-state index >= 15 is 4.39 Å². The maximum Gasteiger partial charge on any atom is 0.431 e. The predicted molar refractivity (Wildman–Crippen MR) is 104 cm³/mol. The number of carbonyl (C=O) groups is 1. The number of halogens is 5. The molecular weight excluding hydrogens is 478 g/mol. The molecule has 172 valence electrons. The Kier molecular flexibility index (Phi) is 5.85. The van der Waals surface area contributed by atoms with Crippen molar-refractivity contribution in [1.29, 1.82) is 0 Å². The maximum absolute atomic E-state index is 15.5. The summed E-state index contributed by atoms with van der Waals surface area (Å²) in [5.74, 6) is -3.45. The average Bonchev–Trinajstić information content (AvgIpc) is 2.71. The van der Waals surface area contributed by atoms with Gasteiger partial charge in [0.1, 0.15) is 5.69 Å². The number of hydrogen-bond acceptors (Lipinski definition) is 6. The zero-order chi connectivity index (χ0) is 24.8. The lowest BCUT2D eigenvalue weighted by Gasteiger charge is -2.18. The van der Waals surface area contributed by atoms with Gasteiger partial charge in [-0.3, -0.25) is 19.5 Å². The Morgan fingerprint density at radius 1 is 1.15 bits per heavy atom.